The fraction of sp³-hybridized carbons (Fsp3) is 0.200. The van der Waals surface area contributed by atoms with Crippen LogP contribution in [0.1, 0.15) is 17.4 Å². The number of esters is 1. The lowest BCUT2D eigenvalue weighted by atomic mass is 10.5. The van der Waals surface area contributed by atoms with Gasteiger partial charge in [-0.3, -0.25) is 4.40 Å². The maximum Gasteiger partial charge on any atom is 0.360 e. The first kappa shape index (κ1) is 11.4. The molecular formula is C10H8BrClN2O2. The van der Waals surface area contributed by atoms with Crippen LogP contribution in [0.25, 0.3) is 5.65 Å². The van der Waals surface area contributed by atoms with E-state index in [0.717, 1.165) is 4.47 Å². The normalized spacial score (nSPS) is 10.7. The Kier molecular flexibility index (Phi) is 3.16. The lowest BCUT2D eigenvalue weighted by Crippen LogP contribution is -2.05. The maximum absolute atomic E-state index is 11.5. The van der Waals surface area contributed by atoms with Gasteiger partial charge in [-0.15, -0.1) is 0 Å². The molecule has 0 atom stereocenters. The molecule has 0 aliphatic carbocycles. The van der Waals surface area contributed by atoms with Crippen LogP contribution in [-0.2, 0) is 4.74 Å². The average molecular weight is 304 g/mol. The molecule has 84 valence electrons. The second-order valence-corrected chi connectivity index (χ2v) is 4.32. The van der Waals surface area contributed by atoms with Gasteiger partial charge in [-0.2, -0.15) is 0 Å². The van der Waals surface area contributed by atoms with Gasteiger partial charge in [0.25, 0.3) is 0 Å². The van der Waals surface area contributed by atoms with Crippen molar-refractivity contribution in [3.63, 3.8) is 0 Å². The van der Waals surface area contributed by atoms with Crippen molar-refractivity contribution >= 4 is 39.1 Å². The molecule has 0 fully saturated rings. The molecule has 0 saturated carbocycles. The number of imidazole rings is 1. The Morgan fingerprint density at radius 1 is 1.69 bits per heavy atom. The van der Waals surface area contributed by atoms with Crippen LogP contribution >= 0.6 is 27.5 Å². The standard InChI is InChI=1S/C10H8BrClN2O2/c1-2-16-10(15)8-9(12)14-4-3-6(11)5-7(14)13-8/h3-5H,2H2,1H3. The third-order valence-electron chi connectivity index (χ3n) is 2.00. The van der Waals surface area contributed by atoms with Crippen molar-refractivity contribution in [1.29, 1.82) is 0 Å². The van der Waals surface area contributed by atoms with Crippen LogP contribution in [0, 0.1) is 0 Å². The third kappa shape index (κ3) is 1.92. The minimum Gasteiger partial charge on any atom is -0.461 e. The van der Waals surface area contributed by atoms with Crippen molar-refractivity contribution in [3.05, 3.63) is 33.6 Å². The van der Waals surface area contributed by atoms with E-state index in [4.69, 9.17) is 16.3 Å². The van der Waals surface area contributed by atoms with Gasteiger partial charge >= 0.3 is 5.97 Å². The Morgan fingerprint density at radius 3 is 3.12 bits per heavy atom. The first-order chi connectivity index (χ1) is 7.63. The Bertz CT molecular complexity index is 553. The van der Waals surface area contributed by atoms with Crippen molar-refractivity contribution in [2.24, 2.45) is 0 Å². The summed E-state index contributed by atoms with van der Waals surface area (Å²) in [4.78, 5) is 15.6. The van der Waals surface area contributed by atoms with Crippen molar-refractivity contribution in [2.75, 3.05) is 6.61 Å². The second kappa shape index (κ2) is 4.43. The molecule has 0 N–H and O–H groups in total. The van der Waals surface area contributed by atoms with E-state index in [2.05, 4.69) is 20.9 Å². The highest BCUT2D eigenvalue weighted by Gasteiger charge is 2.18. The topological polar surface area (TPSA) is 43.6 Å². The molecule has 0 amide bonds. The van der Waals surface area contributed by atoms with Gasteiger partial charge in [0.2, 0.25) is 0 Å². The Balaban J connectivity index is 2.55. The smallest absolute Gasteiger partial charge is 0.360 e. The van der Waals surface area contributed by atoms with Crippen molar-refractivity contribution in [3.8, 4) is 0 Å². The second-order valence-electron chi connectivity index (χ2n) is 3.04. The minimum absolute atomic E-state index is 0.140. The van der Waals surface area contributed by atoms with Crippen LogP contribution in [0.4, 0.5) is 0 Å². The summed E-state index contributed by atoms with van der Waals surface area (Å²) in [6.07, 6.45) is 1.73. The maximum atomic E-state index is 11.5. The van der Waals surface area contributed by atoms with Gasteiger partial charge in [0, 0.05) is 10.7 Å². The number of aromatic nitrogens is 2. The summed E-state index contributed by atoms with van der Waals surface area (Å²) < 4.78 is 7.35. The van der Waals surface area contributed by atoms with E-state index in [0.29, 0.717) is 12.3 Å². The number of nitrogens with zero attached hydrogens (tertiary/aromatic N) is 2. The van der Waals surface area contributed by atoms with Gasteiger partial charge in [-0.05, 0) is 19.1 Å². The predicted octanol–water partition coefficient (Wildman–Crippen LogP) is 2.93. The number of carbonyl (C=O) groups excluding carboxylic acids is 1. The highest BCUT2D eigenvalue weighted by molar-refractivity contribution is 9.10. The van der Waals surface area contributed by atoms with Crippen LogP contribution in [-0.4, -0.2) is 22.0 Å². The van der Waals surface area contributed by atoms with Crippen LogP contribution < -0.4 is 0 Å². The zero-order valence-electron chi connectivity index (χ0n) is 8.41. The molecule has 0 aromatic carbocycles. The molecule has 2 heterocycles. The first-order valence-corrected chi connectivity index (χ1v) is 5.80. The molecule has 6 heteroatoms. The number of halogens is 2. The summed E-state index contributed by atoms with van der Waals surface area (Å²) in [6, 6.07) is 3.59. The number of rotatable bonds is 2. The van der Waals surface area contributed by atoms with E-state index < -0.39 is 5.97 Å². The summed E-state index contributed by atoms with van der Waals surface area (Å²) >= 11 is 9.35. The summed E-state index contributed by atoms with van der Waals surface area (Å²) in [5.41, 5.74) is 0.740. The molecule has 16 heavy (non-hydrogen) atoms. The van der Waals surface area contributed by atoms with Gasteiger partial charge in [0.15, 0.2) is 5.69 Å². The molecule has 4 nitrogen and oxygen atoms in total. The summed E-state index contributed by atoms with van der Waals surface area (Å²) in [5.74, 6) is -0.507. The largest absolute Gasteiger partial charge is 0.461 e. The van der Waals surface area contributed by atoms with E-state index in [9.17, 15) is 4.79 Å². The van der Waals surface area contributed by atoms with E-state index >= 15 is 0 Å². The van der Waals surface area contributed by atoms with Crippen molar-refractivity contribution < 1.29 is 9.53 Å². The number of ether oxygens (including phenoxy) is 1. The zero-order chi connectivity index (χ0) is 11.7. The van der Waals surface area contributed by atoms with Crippen molar-refractivity contribution in [1.82, 2.24) is 9.38 Å². The van der Waals surface area contributed by atoms with Gasteiger partial charge in [-0.25, -0.2) is 9.78 Å². The molecular weight excluding hydrogens is 295 g/mol. The number of carbonyl (C=O) groups is 1. The van der Waals surface area contributed by atoms with Crippen LogP contribution in [0.15, 0.2) is 22.8 Å². The Hall–Kier alpha value is -1.07. The fourth-order valence-corrected chi connectivity index (χ4v) is 1.90. The monoisotopic (exact) mass is 302 g/mol. The van der Waals surface area contributed by atoms with Gasteiger partial charge in [-0.1, -0.05) is 27.5 Å². The highest BCUT2D eigenvalue weighted by Crippen LogP contribution is 2.21. The summed E-state index contributed by atoms with van der Waals surface area (Å²) in [7, 11) is 0. The molecule has 0 aliphatic heterocycles. The SMILES string of the molecule is CCOC(=O)c1nc2cc(Br)ccn2c1Cl. The quantitative estimate of drug-likeness (QED) is 0.801. The molecule has 0 bridgehead atoms. The summed E-state index contributed by atoms with van der Waals surface area (Å²) in [5, 5.41) is 0.265. The average Bonchev–Trinajstić information content (AvgIpc) is 2.56. The third-order valence-corrected chi connectivity index (χ3v) is 2.85. The zero-order valence-corrected chi connectivity index (χ0v) is 10.7. The van der Waals surface area contributed by atoms with Gasteiger partial charge in [0.05, 0.1) is 6.61 Å². The molecule has 2 aromatic rings. The number of hydrogen-bond donors (Lipinski definition) is 0. The van der Waals surface area contributed by atoms with Gasteiger partial charge in [0.1, 0.15) is 10.8 Å². The lowest BCUT2D eigenvalue weighted by Gasteiger charge is -1.97. The van der Waals surface area contributed by atoms with Crippen LogP contribution in [0.3, 0.4) is 0 Å². The Labute approximate surface area is 105 Å². The van der Waals surface area contributed by atoms with Crippen LogP contribution in [0.5, 0.6) is 0 Å². The predicted molar refractivity (Wildman–Crippen MR) is 63.9 cm³/mol. The molecule has 0 spiro atoms. The number of fused-ring (bicyclic) bond motifs is 1. The first-order valence-electron chi connectivity index (χ1n) is 4.63. The number of pyridine rings is 1. The van der Waals surface area contributed by atoms with Crippen molar-refractivity contribution in [2.45, 2.75) is 6.92 Å². The lowest BCUT2D eigenvalue weighted by molar-refractivity contribution is 0.0520. The molecule has 0 saturated heterocycles. The molecule has 0 radical (unpaired) electrons. The molecule has 2 aromatic heterocycles. The van der Waals surface area contributed by atoms with E-state index in [1.165, 1.54) is 0 Å². The molecule has 0 aliphatic rings. The van der Waals surface area contributed by atoms with E-state index in [1.807, 2.05) is 6.07 Å². The summed E-state index contributed by atoms with van der Waals surface area (Å²) in [6.45, 7) is 2.03. The van der Waals surface area contributed by atoms with E-state index in [-0.39, 0.29) is 10.8 Å². The number of hydrogen-bond acceptors (Lipinski definition) is 3. The minimum atomic E-state index is -0.507. The van der Waals surface area contributed by atoms with Gasteiger partial charge < -0.3 is 4.74 Å². The van der Waals surface area contributed by atoms with E-state index in [1.54, 1.807) is 23.6 Å². The highest BCUT2D eigenvalue weighted by atomic mass is 79.9. The fourth-order valence-electron chi connectivity index (χ4n) is 1.32. The molecule has 0 unspecified atom stereocenters. The Morgan fingerprint density at radius 2 is 2.44 bits per heavy atom. The molecule has 2 rings (SSSR count). The van der Waals surface area contributed by atoms with Crippen LogP contribution in [0.2, 0.25) is 5.15 Å².